The lowest BCUT2D eigenvalue weighted by atomic mass is 10.2. The maximum atomic E-state index is 11.9. The second-order valence-electron chi connectivity index (χ2n) is 5.34. The van der Waals surface area contributed by atoms with Crippen molar-refractivity contribution in [3.8, 4) is 0 Å². The minimum Gasteiger partial charge on any atom is -0.379 e. The van der Waals surface area contributed by atoms with E-state index in [1.807, 2.05) is 25.1 Å². The molecule has 21 heavy (non-hydrogen) atoms. The highest BCUT2D eigenvalue weighted by Crippen LogP contribution is 2.13. The molecule has 0 aliphatic carbocycles. The Morgan fingerprint density at radius 1 is 1.43 bits per heavy atom. The van der Waals surface area contributed by atoms with E-state index in [-0.39, 0.29) is 5.91 Å². The summed E-state index contributed by atoms with van der Waals surface area (Å²) in [5.41, 5.74) is 3.03. The molecule has 2 heterocycles. The number of morpholine rings is 1. The van der Waals surface area contributed by atoms with Crippen LogP contribution in [-0.4, -0.2) is 53.6 Å². The van der Waals surface area contributed by atoms with Gasteiger partial charge in [-0.1, -0.05) is 6.07 Å². The van der Waals surface area contributed by atoms with Gasteiger partial charge in [-0.3, -0.25) is 9.69 Å². The zero-order valence-electron chi connectivity index (χ0n) is 12.2. The SMILES string of the molecule is Cc1nc2ccc(CNC(=O)CN3CCOCC3)cc2[nH]1. The summed E-state index contributed by atoms with van der Waals surface area (Å²) in [6.07, 6.45) is 0. The molecule has 112 valence electrons. The summed E-state index contributed by atoms with van der Waals surface area (Å²) >= 11 is 0. The van der Waals surface area contributed by atoms with E-state index < -0.39 is 0 Å². The Bertz CT molecular complexity index is 632. The number of carbonyl (C=O) groups is 1. The van der Waals surface area contributed by atoms with Crippen LogP contribution in [0.3, 0.4) is 0 Å². The van der Waals surface area contributed by atoms with Gasteiger partial charge in [0.1, 0.15) is 5.82 Å². The van der Waals surface area contributed by atoms with Crippen molar-refractivity contribution in [3.05, 3.63) is 29.6 Å². The highest BCUT2D eigenvalue weighted by atomic mass is 16.5. The Labute approximate surface area is 123 Å². The smallest absolute Gasteiger partial charge is 0.234 e. The first-order chi connectivity index (χ1) is 10.2. The minimum absolute atomic E-state index is 0.0535. The molecule has 1 saturated heterocycles. The van der Waals surface area contributed by atoms with Crippen LogP contribution in [0.25, 0.3) is 11.0 Å². The number of aryl methyl sites for hydroxylation is 1. The largest absolute Gasteiger partial charge is 0.379 e. The van der Waals surface area contributed by atoms with Crippen molar-refractivity contribution in [2.45, 2.75) is 13.5 Å². The zero-order valence-corrected chi connectivity index (χ0v) is 12.2. The normalized spacial score (nSPS) is 16.2. The summed E-state index contributed by atoms with van der Waals surface area (Å²) in [5, 5.41) is 2.96. The molecule has 1 aliphatic rings. The fraction of sp³-hybridized carbons (Fsp3) is 0.467. The van der Waals surface area contributed by atoms with Crippen molar-refractivity contribution in [3.63, 3.8) is 0 Å². The average Bonchev–Trinajstić information content (AvgIpc) is 2.85. The predicted molar refractivity (Wildman–Crippen MR) is 79.9 cm³/mol. The maximum Gasteiger partial charge on any atom is 0.234 e. The standard InChI is InChI=1S/C15H20N4O2/c1-11-17-13-3-2-12(8-14(13)18-11)9-16-15(20)10-19-4-6-21-7-5-19/h2-3,8H,4-7,9-10H2,1H3,(H,16,20)(H,17,18). The number of imidazole rings is 1. The quantitative estimate of drug-likeness (QED) is 0.874. The molecule has 0 radical (unpaired) electrons. The second-order valence-corrected chi connectivity index (χ2v) is 5.34. The third kappa shape index (κ3) is 3.59. The van der Waals surface area contributed by atoms with E-state index in [2.05, 4.69) is 20.2 Å². The lowest BCUT2D eigenvalue weighted by Crippen LogP contribution is -2.43. The van der Waals surface area contributed by atoms with Gasteiger partial charge >= 0.3 is 0 Å². The number of nitrogens with one attached hydrogen (secondary N) is 2. The van der Waals surface area contributed by atoms with Crippen LogP contribution in [0, 0.1) is 6.92 Å². The number of fused-ring (bicyclic) bond motifs is 1. The van der Waals surface area contributed by atoms with Crippen molar-refractivity contribution in [1.29, 1.82) is 0 Å². The molecule has 1 aromatic heterocycles. The van der Waals surface area contributed by atoms with E-state index in [0.29, 0.717) is 26.3 Å². The second kappa shape index (κ2) is 6.24. The van der Waals surface area contributed by atoms with Crippen LogP contribution < -0.4 is 5.32 Å². The van der Waals surface area contributed by atoms with Crippen LogP contribution in [0.4, 0.5) is 0 Å². The molecule has 1 fully saturated rings. The fourth-order valence-corrected chi connectivity index (χ4v) is 2.51. The summed E-state index contributed by atoms with van der Waals surface area (Å²) in [6, 6.07) is 6.00. The Morgan fingerprint density at radius 2 is 2.24 bits per heavy atom. The van der Waals surface area contributed by atoms with Crippen molar-refractivity contribution in [1.82, 2.24) is 20.2 Å². The molecule has 1 aliphatic heterocycles. The lowest BCUT2D eigenvalue weighted by molar-refractivity contribution is -0.123. The van der Waals surface area contributed by atoms with Crippen LogP contribution in [-0.2, 0) is 16.1 Å². The average molecular weight is 288 g/mol. The Morgan fingerprint density at radius 3 is 3.05 bits per heavy atom. The van der Waals surface area contributed by atoms with Crippen molar-refractivity contribution in [2.24, 2.45) is 0 Å². The Balaban J connectivity index is 1.54. The molecular weight excluding hydrogens is 268 g/mol. The van der Waals surface area contributed by atoms with Gasteiger partial charge in [0.05, 0.1) is 30.8 Å². The number of nitrogens with zero attached hydrogens (tertiary/aromatic N) is 2. The third-order valence-corrected chi connectivity index (χ3v) is 3.63. The molecule has 2 N–H and O–H groups in total. The van der Waals surface area contributed by atoms with Gasteiger partial charge in [-0.15, -0.1) is 0 Å². The Hall–Kier alpha value is -1.92. The topological polar surface area (TPSA) is 70.2 Å². The van der Waals surface area contributed by atoms with E-state index in [9.17, 15) is 4.79 Å². The van der Waals surface area contributed by atoms with Crippen molar-refractivity contribution < 1.29 is 9.53 Å². The molecule has 1 aromatic carbocycles. The molecule has 0 saturated carbocycles. The fourth-order valence-electron chi connectivity index (χ4n) is 2.51. The first-order valence-electron chi connectivity index (χ1n) is 7.23. The first kappa shape index (κ1) is 14.0. The van der Waals surface area contributed by atoms with E-state index in [1.165, 1.54) is 0 Å². The molecule has 1 amide bonds. The molecule has 6 heteroatoms. The van der Waals surface area contributed by atoms with Gasteiger partial charge in [0.15, 0.2) is 0 Å². The summed E-state index contributed by atoms with van der Waals surface area (Å²) < 4.78 is 5.27. The zero-order chi connectivity index (χ0) is 14.7. The van der Waals surface area contributed by atoms with E-state index in [0.717, 1.165) is 35.5 Å². The number of hydrogen-bond donors (Lipinski definition) is 2. The number of rotatable bonds is 4. The van der Waals surface area contributed by atoms with Crippen LogP contribution in [0.5, 0.6) is 0 Å². The number of ether oxygens (including phenoxy) is 1. The number of amides is 1. The first-order valence-corrected chi connectivity index (χ1v) is 7.23. The van der Waals surface area contributed by atoms with Crippen LogP contribution in [0.1, 0.15) is 11.4 Å². The van der Waals surface area contributed by atoms with Gasteiger partial charge in [-0.05, 0) is 24.6 Å². The lowest BCUT2D eigenvalue weighted by Gasteiger charge is -2.25. The summed E-state index contributed by atoms with van der Waals surface area (Å²) in [5.74, 6) is 0.955. The molecule has 3 rings (SSSR count). The van der Waals surface area contributed by atoms with Gasteiger partial charge in [0, 0.05) is 19.6 Å². The van der Waals surface area contributed by atoms with Crippen molar-refractivity contribution >= 4 is 16.9 Å². The molecule has 0 spiro atoms. The van der Waals surface area contributed by atoms with E-state index >= 15 is 0 Å². The summed E-state index contributed by atoms with van der Waals surface area (Å²) in [7, 11) is 0. The number of H-pyrrole nitrogens is 1. The van der Waals surface area contributed by atoms with E-state index in [4.69, 9.17) is 4.74 Å². The summed E-state index contributed by atoms with van der Waals surface area (Å²) in [4.78, 5) is 21.6. The van der Waals surface area contributed by atoms with Crippen LogP contribution >= 0.6 is 0 Å². The highest BCUT2D eigenvalue weighted by Gasteiger charge is 2.13. The highest BCUT2D eigenvalue weighted by molar-refractivity contribution is 5.79. The van der Waals surface area contributed by atoms with Gasteiger partial charge in [-0.25, -0.2) is 4.98 Å². The number of aromatic amines is 1. The minimum atomic E-state index is 0.0535. The number of hydrogen-bond acceptors (Lipinski definition) is 4. The van der Waals surface area contributed by atoms with Gasteiger partial charge in [-0.2, -0.15) is 0 Å². The summed E-state index contributed by atoms with van der Waals surface area (Å²) in [6.45, 7) is 5.99. The van der Waals surface area contributed by atoms with Gasteiger partial charge < -0.3 is 15.0 Å². The maximum absolute atomic E-state index is 11.9. The number of benzene rings is 1. The molecular formula is C15H20N4O2. The van der Waals surface area contributed by atoms with Crippen molar-refractivity contribution in [2.75, 3.05) is 32.8 Å². The number of carbonyl (C=O) groups excluding carboxylic acids is 1. The van der Waals surface area contributed by atoms with Gasteiger partial charge in [0.2, 0.25) is 5.91 Å². The third-order valence-electron chi connectivity index (χ3n) is 3.63. The van der Waals surface area contributed by atoms with Gasteiger partial charge in [0.25, 0.3) is 0 Å². The molecule has 0 bridgehead atoms. The molecule has 6 nitrogen and oxygen atoms in total. The van der Waals surface area contributed by atoms with Crippen LogP contribution in [0.2, 0.25) is 0 Å². The predicted octanol–water partition coefficient (Wildman–Crippen LogP) is 0.820. The number of aromatic nitrogens is 2. The monoisotopic (exact) mass is 288 g/mol. The van der Waals surface area contributed by atoms with E-state index in [1.54, 1.807) is 0 Å². The molecule has 0 atom stereocenters. The molecule has 2 aromatic rings. The van der Waals surface area contributed by atoms with Crippen LogP contribution in [0.15, 0.2) is 18.2 Å². The molecule has 0 unspecified atom stereocenters. The Kier molecular flexibility index (Phi) is 4.17.